The maximum Gasteiger partial charge on any atom is 0.233 e. The molecule has 0 unspecified atom stereocenters. The number of pyridine rings is 1. The van der Waals surface area contributed by atoms with E-state index < -0.39 is 0 Å². The van der Waals surface area contributed by atoms with Crippen LogP contribution in [0.2, 0.25) is 0 Å². The van der Waals surface area contributed by atoms with Crippen LogP contribution in [-0.4, -0.2) is 56.6 Å². The number of hydrogen-bond donors (Lipinski definition) is 0. The molecular weight excluding hydrogens is 386 g/mol. The second-order valence-corrected chi connectivity index (χ2v) is 7.31. The number of carbonyl (C=O) groups is 1. The molecule has 0 saturated carbocycles. The summed E-state index contributed by atoms with van der Waals surface area (Å²) in [6.07, 6.45) is 3.47. The molecule has 3 aromatic rings. The van der Waals surface area contributed by atoms with Crippen molar-refractivity contribution in [2.45, 2.75) is 25.2 Å². The molecule has 0 atom stereocenters. The summed E-state index contributed by atoms with van der Waals surface area (Å²) >= 11 is 1.41. The fraction of sp³-hybridized carbons (Fsp3) is 0.333. The summed E-state index contributed by atoms with van der Waals surface area (Å²) in [5.74, 6) is 1.13. The predicted molar refractivity (Wildman–Crippen MR) is 113 cm³/mol. The Balaban J connectivity index is 1.68. The van der Waals surface area contributed by atoms with E-state index in [1.807, 2.05) is 58.9 Å². The number of hydrogen-bond acceptors (Lipinski definition) is 6. The molecule has 0 aliphatic heterocycles. The Morgan fingerprint density at radius 2 is 1.90 bits per heavy atom. The summed E-state index contributed by atoms with van der Waals surface area (Å²) in [5.41, 5.74) is 2.05. The van der Waals surface area contributed by atoms with Crippen molar-refractivity contribution in [3.05, 3.63) is 60.4 Å². The minimum atomic E-state index is 0.0482. The van der Waals surface area contributed by atoms with Crippen LogP contribution in [0.15, 0.2) is 60.0 Å². The number of thioether (sulfide) groups is 1. The Labute approximate surface area is 175 Å². The average molecular weight is 412 g/mol. The Hall–Kier alpha value is -2.71. The summed E-state index contributed by atoms with van der Waals surface area (Å²) in [7, 11) is 1.64. The third kappa shape index (κ3) is 5.65. The van der Waals surface area contributed by atoms with Crippen LogP contribution in [0.4, 0.5) is 0 Å². The Bertz CT molecular complexity index is 902. The number of amides is 1. The molecule has 3 rings (SSSR count). The lowest BCUT2D eigenvalue weighted by molar-refractivity contribution is -0.129. The van der Waals surface area contributed by atoms with E-state index in [1.165, 1.54) is 11.8 Å². The van der Waals surface area contributed by atoms with Crippen LogP contribution in [0, 0.1) is 0 Å². The molecule has 0 saturated heterocycles. The SMILES string of the molecule is CCn1c(SCC(=O)N(CCOC)Cc2ccccc2)nnc1-c1ccncc1. The van der Waals surface area contributed by atoms with Crippen LogP contribution < -0.4 is 0 Å². The van der Waals surface area contributed by atoms with Crippen LogP contribution in [-0.2, 0) is 22.6 Å². The van der Waals surface area contributed by atoms with E-state index >= 15 is 0 Å². The summed E-state index contributed by atoms with van der Waals surface area (Å²) in [6.45, 7) is 4.37. The molecule has 0 aliphatic rings. The second kappa shape index (κ2) is 10.7. The lowest BCUT2D eigenvalue weighted by Gasteiger charge is -2.22. The van der Waals surface area contributed by atoms with Crippen molar-refractivity contribution in [1.29, 1.82) is 0 Å². The first-order valence-corrected chi connectivity index (χ1v) is 10.5. The minimum absolute atomic E-state index is 0.0482. The van der Waals surface area contributed by atoms with E-state index in [0.717, 1.165) is 28.7 Å². The van der Waals surface area contributed by atoms with Gasteiger partial charge in [-0.2, -0.15) is 0 Å². The highest BCUT2D eigenvalue weighted by Crippen LogP contribution is 2.24. The molecule has 2 heterocycles. The third-order valence-corrected chi connectivity index (χ3v) is 5.38. The first-order valence-electron chi connectivity index (χ1n) is 9.50. The molecule has 0 bridgehead atoms. The van der Waals surface area contributed by atoms with Gasteiger partial charge in [0.05, 0.1) is 12.4 Å². The molecule has 0 radical (unpaired) electrons. The van der Waals surface area contributed by atoms with E-state index in [2.05, 4.69) is 15.2 Å². The van der Waals surface area contributed by atoms with E-state index in [-0.39, 0.29) is 5.91 Å². The largest absolute Gasteiger partial charge is 0.383 e. The molecule has 0 spiro atoms. The quantitative estimate of drug-likeness (QED) is 0.477. The standard InChI is InChI=1S/C21H25N5O2S/c1-3-26-20(18-9-11-22-12-10-18)23-24-21(26)29-16-19(27)25(13-14-28-2)15-17-7-5-4-6-8-17/h4-12H,3,13-16H2,1-2H3. The third-order valence-electron chi connectivity index (χ3n) is 4.43. The molecule has 29 heavy (non-hydrogen) atoms. The molecular formula is C21H25N5O2S. The second-order valence-electron chi connectivity index (χ2n) is 6.37. The van der Waals surface area contributed by atoms with Crippen LogP contribution in [0.25, 0.3) is 11.4 Å². The number of aromatic nitrogens is 4. The number of benzene rings is 1. The van der Waals surface area contributed by atoms with Gasteiger partial charge in [-0.15, -0.1) is 10.2 Å². The van der Waals surface area contributed by atoms with E-state index in [9.17, 15) is 4.79 Å². The van der Waals surface area contributed by atoms with Crippen molar-refractivity contribution in [3.8, 4) is 11.4 Å². The number of ether oxygens (including phenoxy) is 1. The minimum Gasteiger partial charge on any atom is -0.383 e. The molecule has 8 heteroatoms. The van der Waals surface area contributed by atoms with Crippen molar-refractivity contribution >= 4 is 17.7 Å². The highest BCUT2D eigenvalue weighted by molar-refractivity contribution is 7.99. The molecule has 2 aromatic heterocycles. The van der Waals surface area contributed by atoms with Crippen molar-refractivity contribution < 1.29 is 9.53 Å². The molecule has 1 aromatic carbocycles. The van der Waals surface area contributed by atoms with E-state index in [1.54, 1.807) is 19.5 Å². The smallest absolute Gasteiger partial charge is 0.233 e. The first kappa shape index (κ1) is 21.0. The summed E-state index contributed by atoms with van der Waals surface area (Å²) in [6, 6.07) is 13.8. The van der Waals surface area contributed by atoms with Gasteiger partial charge in [0.2, 0.25) is 5.91 Å². The molecule has 7 nitrogen and oxygen atoms in total. The van der Waals surface area contributed by atoms with Gasteiger partial charge in [0.25, 0.3) is 0 Å². The van der Waals surface area contributed by atoms with Crippen molar-refractivity contribution in [2.75, 3.05) is 26.0 Å². The van der Waals surface area contributed by atoms with Crippen molar-refractivity contribution in [2.24, 2.45) is 0 Å². The van der Waals surface area contributed by atoms with Gasteiger partial charge in [-0.1, -0.05) is 42.1 Å². The molecule has 0 fully saturated rings. The number of methoxy groups -OCH3 is 1. The van der Waals surface area contributed by atoms with Crippen molar-refractivity contribution in [3.63, 3.8) is 0 Å². The molecule has 1 amide bonds. The van der Waals surface area contributed by atoms with Crippen LogP contribution in [0.1, 0.15) is 12.5 Å². The van der Waals surface area contributed by atoms with Crippen molar-refractivity contribution in [1.82, 2.24) is 24.6 Å². The van der Waals surface area contributed by atoms with Gasteiger partial charge in [-0.05, 0) is 24.6 Å². The van der Waals surface area contributed by atoms with Gasteiger partial charge in [0, 0.05) is 44.7 Å². The zero-order chi connectivity index (χ0) is 20.5. The lowest BCUT2D eigenvalue weighted by Crippen LogP contribution is -2.34. The van der Waals surface area contributed by atoms with Crippen LogP contribution in [0.3, 0.4) is 0 Å². The highest BCUT2D eigenvalue weighted by Gasteiger charge is 2.18. The Morgan fingerprint density at radius 3 is 2.59 bits per heavy atom. The molecule has 0 aliphatic carbocycles. The van der Waals surface area contributed by atoms with E-state index in [4.69, 9.17) is 4.74 Å². The van der Waals surface area contributed by atoms with Crippen LogP contribution in [0.5, 0.6) is 0 Å². The van der Waals surface area contributed by atoms with E-state index in [0.29, 0.717) is 25.4 Å². The number of nitrogens with zero attached hydrogens (tertiary/aromatic N) is 5. The molecule has 0 N–H and O–H groups in total. The topological polar surface area (TPSA) is 73.1 Å². The van der Waals surface area contributed by atoms with Gasteiger partial charge in [-0.3, -0.25) is 9.78 Å². The Morgan fingerprint density at radius 1 is 1.14 bits per heavy atom. The highest BCUT2D eigenvalue weighted by atomic mass is 32.2. The van der Waals surface area contributed by atoms with Gasteiger partial charge < -0.3 is 14.2 Å². The summed E-state index contributed by atoms with van der Waals surface area (Å²) in [5, 5.41) is 9.35. The maximum atomic E-state index is 12.9. The first-order chi connectivity index (χ1) is 14.2. The number of rotatable bonds is 10. The summed E-state index contributed by atoms with van der Waals surface area (Å²) in [4.78, 5) is 18.8. The number of carbonyl (C=O) groups excluding carboxylic acids is 1. The lowest BCUT2D eigenvalue weighted by atomic mass is 10.2. The normalized spacial score (nSPS) is 10.8. The fourth-order valence-electron chi connectivity index (χ4n) is 2.91. The van der Waals surface area contributed by atoms with Gasteiger partial charge >= 0.3 is 0 Å². The Kier molecular flexibility index (Phi) is 7.77. The predicted octanol–water partition coefficient (Wildman–Crippen LogP) is 3.13. The monoisotopic (exact) mass is 411 g/mol. The zero-order valence-corrected chi connectivity index (χ0v) is 17.5. The van der Waals surface area contributed by atoms with Gasteiger partial charge in [0.15, 0.2) is 11.0 Å². The van der Waals surface area contributed by atoms with Crippen LogP contribution >= 0.6 is 11.8 Å². The molecule has 152 valence electrons. The average Bonchev–Trinajstić information content (AvgIpc) is 3.19. The summed E-state index contributed by atoms with van der Waals surface area (Å²) < 4.78 is 7.20. The maximum absolute atomic E-state index is 12.9. The fourth-order valence-corrected chi connectivity index (χ4v) is 3.81. The zero-order valence-electron chi connectivity index (χ0n) is 16.7. The van der Waals surface area contributed by atoms with Gasteiger partial charge in [0.1, 0.15) is 0 Å². The van der Waals surface area contributed by atoms with Gasteiger partial charge in [-0.25, -0.2) is 0 Å².